The average Bonchev–Trinajstić information content (AvgIpc) is 2.21. The lowest BCUT2D eigenvalue weighted by Gasteiger charge is -2.23. The van der Waals surface area contributed by atoms with Crippen LogP contribution in [0.4, 0.5) is 5.69 Å². The number of nitrogens with zero attached hydrogens (tertiary/aromatic N) is 1. The van der Waals surface area contributed by atoms with Crippen molar-refractivity contribution < 1.29 is 4.79 Å². The summed E-state index contributed by atoms with van der Waals surface area (Å²) in [7, 11) is 0. The highest BCUT2D eigenvalue weighted by molar-refractivity contribution is 9.10. The molecule has 0 fully saturated rings. The maximum atomic E-state index is 11.1. The molecule has 0 unspecified atom stereocenters. The van der Waals surface area contributed by atoms with Crippen LogP contribution in [-0.2, 0) is 11.3 Å². The van der Waals surface area contributed by atoms with Crippen molar-refractivity contribution in [2.24, 2.45) is 11.7 Å². The SMILES string of the molecule is CC(C)CN(CC(N)=O)Cc1ccc(Br)c(N)c1. The standard InChI is InChI=1S/C13H20BrN3O/c1-9(2)6-17(8-13(16)18)7-10-3-4-11(14)12(15)5-10/h3-5,9H,6-8,15H2,1-2H3,(H2,16,18). The van der Waals surface area contributed by atoms with Gasteiger partial charge in [-0.05, 0) is 39.5 Å². The van der Waals surface area contributed by atoms with Crippen molar-refractivity contribution in [3.8, 4) is 0 Å². The Labute approximate surface area is 116 Å². The molecule has 0 spiro atoms. The van der Waals surface area contributed by atoms with Gasteiger partial charge in [0.05, 0.1) is 6.54 Å². The number of carbonyl (C=O) groups is 1. The van der Waals surface area contributed by atoms with E-state index in [0.717, 1.165) is 16.6 Å². The number of nitrogens with two attached hydrogens (primary N) is 2. The van der Waals surface area contributed by atoms with Crippen LogP contribution in [0, 0.1) is 5.92 Å². The summed E-state index contributed by atoms with van der Waals surface area (Å²) in [5, 5.41) is 0. The summed E-state index contributed by atoms with van der Waals surface area (Å²) in [5.74, 6) is 0.179. The Bertz CT molecular complexity index is 421. The fraction of sp³-hybridized carbons (Fsp3) is 0.462. The van der Waals surface area contributed by atoms with Crippen LogP contribution in [0.25, 0.3) is 0 Å². The Hall–Kier alpha value is -1.07. The third kappa shape index (κ3) is 5.06. The molecule has 1 rings (SSSR count). The van der Waals surface area contributed by atoms with E-state index in [2.05, 4.69) is 29.8 Å². The summed E-state index contributed by atoms with van der Waals surface area (Å²) in [6, 6.07) is 5.83. The summed E-state index contributed by atoms with van der Waals surface area (Å²) < 4.78 is 0.886. The summed E-state index contributed by atoms with van der Waals surface area (Å²) in [6.45, 7) is 6.01. The summed E-state index contributed by atoms with van der Waals surface area (Å²) in [6.07, 6.45) is 0. The molecule has 1 aromatic rings. The van der Waals surface area contributed by atoms with E-state index in [-0.39, 0.29) is 12.5 Å². The molecule has 0 heterocycles. The molecular weight excluding hydrogens is 294 g/mol. The number of nitrogen functional groups attached to an aromatic ring is 1. The second-order valence-electron chi connectivity index (χ2n) is 4.89. The Kier molecular flexibility index (Phi) is 5.62. The molecule has 0 bridgehead atoms. The van der Waals surface area contributed by atoms with Crippen LogP contribution < -0.4 is 11.5 Å². The number of carbonyl (C=O) groups excluding carboxylic acids is 1. The largest absolute Gasteiger partial charge is 0.398 e. The minimum absolute atomic E-state index is 0.272. The van der Waals surface area contributed by atoms with Crippen LogP contribution in [0.2, 0.25) is 0 Å². The fourth-order valence-corrected chi connectivity index (χ4v) is 2.12. The Morgan fingerprint density at radius 3 is 2.61 bits per heavy atom. The van der Waals surface area contributed by atoms with Crippen LogP contribution in [0.3, 0.4) is 0 Å². The molecular formula is C13H20BrN3O. The van der Waals surface area contributed by atoms with Crippen molar-refractivity contribution in [1.82, 2.24) is 4.90 Å². The van der Waals surface area contributed by atoms with Crippen molar-refractivity contribution in [3.05, 3.63) is 28.2 Å². The average molecular weight is 314 g/mol. The van der Waals surface area contributed by atoms with Gasteiger partial charge in [0, 0.05) is 23.2 Å². The highest BCUT2D eigenvalue weighted by Gasteiger charge is 2.11. The molecule has 0 aliphatic heterocycles. The van der Waals surface area contributed by atoms with Gasteiger partial charge in [-0.3, -0.25) is 9.69 Å². The quantitative estimate of drug-likeness (QED) is 0.789. The molecule has 1 aromatic carbocycles. The Morgan fingerprint density at radius 1 is 1.44 bits per heavy atom. The lowest BCUT2D eigenvalue weighted by atomic mass is 10.1. The molecule has 1 amide bonds. The van der Waals surface area contributed by atoms with Crippen LogP contribution in [0.15, 0.2) is 22.7 Å². The smallest absolute Gasteiger partial charge is 0.231 e. The van der Waals surface area contributed by atoms with E-state index in [1.165, 1.54) is 0 Å². The maximum absolute atomic E-state index is 11.1. The normalized spacial score (nSPS) is 11.2. The molecule has 4 N–H and O–H groups in total. The van der Waals surface area contributed by atoms with Gasteiger partial charge in [-0.2, -0.15) is 0 Å². The number of primary amides is 1. The van der Waals surface area contributed by atoms with Gasteiger partial charge in [0.1, 0.15) is 0 Å². The second kappa shape index (κ2) is 6.75. The van der Waals surface area contributed by atoms with Crippen molar-refractivity contribution in [3.63, 3.8) is 0 Å². The fourth-order valence-electron chi connectivity index (χ4n) is 1.87. The van der Waals surface area contributed by atoms with E-state index in [1.54, 1.807) is 0 Å². The predicted molar refractivity (Wildman–Crippen MR) is 77.9 cm³/mol. The van der Waals surface area contributed by atoms with Gasteiger partial charge < -0.3 is 11.5 Å². The molecule has 0 radical (unpaired) electrons. The molecule has 0 saturated carbocycles. The molecule has 0 saturated heterocycles. The van der Waals surface area contributed by atoms with E-state index in [0.29, 0.717) is 18.2 Å². The van der Waals surface area contributed by atoms with E-state index in [4.69, 9.17) is 11.5 Å². The predicted octanol–water partition coefficient (Wildman–Crippen LogP) is 1.97. The molecule has 100 valence electrons. The van der Waals surface area contributed by atoms with Crippen molar-refractivity contribution in [2.75, 3.05) is 18.8 Å². The Balaban J connectivity index is 2.74. The molecule has 0 aromatic heterocycles. The minimum atomic E-state index is -0.305. The molecule has 0 aliphatic rings. The first-order valence-corrected chi connectivity index (χ1v) is 6.72. The first-order valence-electron chi connectivity index (χ1n) is 5.93. The Morgan fingerprint density at radius 2 is 2.11 bits per heavy atom. The molecule has 4 nitrogen and oxygen atoms in total. The highest BCUT2D eigenvalue weighted by atomic mass is 79.9. The second-order valence-corrected chi connectivity index (χ2v) is 5.74. The number of hydrogen-bond donors (Lipinski definition) is 2. The van der Waals surface area contributed by atoms with Gasteiger partial charge in [-0.15, -0.1) is 0 Å². The van der Waals surface area contributed by atoms with Crippen LogP contribution in [0.5, 0.6) is 0 Å². The van der Waals surface area contributed by atoms with Crippen molar-refractivity contribution >= 4 is 27.5 Å². The van der Waals surface area contributed by atoms with Gasteiger partial charge >= 0.3 is 0 Å². The van der Waals surface area contributed by atoms with Crippen molar-refractivity contribution in [2.45, 2.75) is 20.4 Å². The number of rotatable bonds is 6. The highest BCUT2D eigenvalue weighted by Crippen LogP contribution is 2.21. The first kappa shape index (κ1) is 15.0. The van der Waals surface area contributed by atoms with Gasteiger partial charge in [0.15, 0.2) is 0 Å². The van der Waals surface area contributed by atoms with Gasteiger partial charge in [-0.1, -0.05) is 19.9 Å². The number of halogens is 1. The molecule has 0 atom stereocenters. The topological polar surface area (TPSA) is 72.3 Å². The zero-order valence-electron chi connectivity index (χ0n) is 10.8. The number of hydrogen-bond acceptors (Lipinski definition) is 3. The van der Waals surface area contributed by atoms with Crippen molar-refractivity contribution in [1.29, 1.82) is 0 Å². The molecule has 18 heavy (non-hydrogen) atoms. The summed E-state index contributed by atoms with van der Waals surface area (Å²) >= 11 is 3.36. The van der Waals surface area contributed by atoms with Gasteiger partial charge in [0.25, 0.3) is 0 Å². The van der Waals surface area contributed by atoms with Crippen LogP contribution in [0.1, 0.15) is 19.4 Å². The van der Waals surface area contributed by atoms with E-state index >= 15 is 0 Å². The van der Waals surface area contributed by atoms with Crippen LogP contribution >= 0.6 is 15.9 Å². The number of anilines is 1. The van der Waals surface area contributed by atoms with E-state index in [1.807, 2.05) is 23.1 Å². The summed E-state index contributed by atoms with van der Waals surface area (Å²) in [5.41, 5.74) is 12.9. The van der Waals surface area contributed by atoms with E-state index < -0.39 is 0 Å². The number of amides is 1. The monoisotopic (exact) mass is 313 g/mol. The van der Waals surface area contributed by atoms with Crippen LogP contribution in [-0.4, -0.2) is 23.9 Å². The maximum Gasteiger partial charge on any atom is 0.231 e. The first-order chi connectivity index (χ1) is 8.38. The van der Waals surface area contributed by atoms with E-state index in [9.17, 15) is 4.79 Å². The van der Waals surface area contributed by atoms with Gasteiger partial charge in [-0.25, -0.2) is 0 Å². The lowest BCUT2D eigenvalue weighted by Crippen LogP contribution is -2.35. The molecule has 0 aliphatic carbocycles. The number of benzene rings is 1. The zero-order valence-corrected chi connectivity index (χ0v) is 12.4. The lowest BCUT2D eigenvalue weighted by molar-refractivity contribution is -0.119. The third-order valence-electron chi connectivity index (χ3n) is 2.47. The third-order valence-corrected chi connectivity index (χ3v) is 3.19. The van der Waals surface area contributed by atoms with Gasteiger partial charge in [0.2, 0.25) is 5.91 Å². The minimum Gasteiger partial charge on any atom is -0.398 e. The molecule has 5 heteroatoms. The summed E-state index contributed by atoms with van der Waals surface area (Å²) in [4.78, 5) is 13.1. The zero-order chi connectivity index (χ0) is 13.7.